The van der Waals surface area contributed by atoms with Crippen molar-refractivity contribution in [1.29, 1.82) is 0 Å². The topological polar surface area (TPSA) is 24.9 Å². The lowest BCUT2D eigenvalue weighted by Gasteiger charge is -2.17. The Hall–Kier alpha value is -1.26. The highest BCUT2D eigenvalue weighted by Crippen LogP contribution is 2.22. The van der Waals surface area contributed by atoms with E-state index in [1.807, 2.05) is 19.1 Å². The molecule has 2 nitrogen and oxygen atoms in total. The van der Waals surface area contributed by atoms with Gasteiger partial charge in [-0.1, -0.05) is 18.2 Å². The smallest absolute Gasteiger partial charge is 0.126 e. The summed E-state index contributed by atoms with van der Waals surface area (Å²) in [7, 11) is 0. The Morgan fingerprint density at radius 2 is 2.14 bits per heavy atom. The highest BCUT2D eigenvalue weighted by molar-refractivity contribution is 7.09. The van der Waals surface area contributed by atoms with E-state index >= 15 is 0 Å². The monoisotopic (exact) mass is 304 g/mol. The molecule has 0 radical (unpaired) electrons. The lowest BCUT2D eigenvalue weighted by molar-refractivity contribution is 0.458. The Morgan fingerprint density at radius 1 is 1.33 bits per heavy atom. The molecule has 0 amide bonds. The molecular weight excluding hydrogens is 283 g/mol. The summed E-state index contributed by atoms with van der Waals surface area (Å²) in [6.07, 6.45) is 4.25. The van der Waals surface area contributed by atoms with Gasteiger partial charge in [0.1, 0.15) is 5.82 Å². The van der Waals surface area contributed by atoms with Crippen molar-refractivity contribution in [3.05, 3.63) is 51.7 Å². The summed E-state index contributed by atoms with van der Waals surface area (Å²) in [6.45, 7) is 2.96. The van der Waals surface area contributed by atoms with E-state index in [0.29, 0.717) is 12.0 Å². The molecule has 0 aliphatic heterocycles. The fourth-order valence-electron chi connectivity index (χ4n) is 2.56. The first-order valence-electron chi connectivity index (χ1n) is 7.58. The van der Waals surface area contributed by atoms with Crippen LogP contribution in [0, 0.1) is 18.7 Å². The summed E-state index contributed by atoms with van der Waals surface area (Å²) in [5, 5.41) is 6.82. The number of aromatic nitrogens is 1. The maximum Gasteiger partial charge on any atom is 0.126 e. The molecule has 0 bridgehead atoms. The lowest BCUT2D eigenvalue weighted by atomic mass is 9.96. The second kappa shape index (κ2) is 6.67. The number of hydrogen-bond acceptors (Lipinski definition) is 3. The van der Waals surface area contributed by atoms with Gasteiger partial charge >= 0.3 is 0 Å². The standard InChI is InChI=1S/C17H21FN2S/c1-12-11-21-17(20-12)9-13(10-19-15-6-7-15)8-14-4-2-3-5-16(14)18/h2-5,11,13,15,19H,6-10H2,1H3. The molecule has 21 heavy (non-hydrogen) atoms. The van der Waals surface area contributed by atoms with Crippen LogP contribution in [-0.4, -0.2) is 17.6 Å². The molecule has 1 aromatic carbocycles. The van der Waals surface area contributed by atoms with Crippen molar-refractivity contribution in [2.45, 2.75) is 38.6 Å². The van der Waals surface area contributed by atoms with Crippen molar-refractivity contribution in [1.82, 2.24) is 10.3 Å². The van der Waals surface area contributed by atoms with E-state index in [9.17, 15) is 4.39 Å². The van der Waals surface area contributed by atoms with Crippen LogP contribution in [0.25, 0.3) is 0 Å². The zero-order chi connectivity index (χ0) is 14.7. The largest absolute Gasteiger partial charge is 0.314 e. The van der Waals surface area contributed by atoms with Gasteiger partial charge in [-0.25, -0.2) is 9.37 Å². The summed E-state index contributed by atoms with van der Waals surface area (Å²) < 4.78 is 13.9. The fourth-order valence-corrected chi connectivity index (χ4v) is 3.44. The van der Waals surface area contributed by atoms with Crippen molar-refractivity contribution in [2.75, 3.05) is 6.54 Å². The summed E-state index contributed by atoms with van der Waals surface area (Å²) in [5.41, 5.74) is 1.89. The van der Waals surface area contributed by atoms with E-state index in [0.717, 1.165) is 35.7 Å². The van der Waals surface area contributed by atoms with Gasteiger partial charge in [0.25, 0.3) is 0 Å². The second-order valence-corrected chi connectivity index (χ2v) is 6.87. The number of aryl methyl sites for hydroxylation is 1. The third-order valence-electron chi connectivity index (χ3n) is 3.87. The van der Waals surface area contributed by atoms with Gasteiger partial charge in [-0.15, -0.1) is 11.3 Å². The van der Waals surface area contributed by atoms with Crippen molar-refractivity contribution in [3.63, 3.8) is 0 Å². The normalized spacial score (nSPS) is 16.1. The number of benzene rings is 1. The first-order chi connectivity index (χ1) is 10.2. The summed E-state index contributed by atoms with van der Waals surface area (Å²) in [4.78, 5) is 4.55. The van der Waals surface area contributed by atoms with Gasteiger partial charge in [0.15, 0.2) is 0 Å². The van der Waals surface area contributed by atoms with Crippen LogP contribution in [0.5, 0.6) is 0 Å². The number of nitrogens with zero attached hydrogens (tertiary/aromatic N) is 1. The van der Waals surface area contributed by atoms with Gasteiger partial charge in [0.2, 0.25) is 0 Å². The molecular formula is C17H21FN2S. The van der Waals surface area contributed by atoms with Crippen LogP contribution in [0.4, 0.5) is 4.39 Å². The fraction of sp³-hybridized carbons (Fsp3) is 0.471. The Bertz CT molecular complexity index is 592. The molecule has 1 unspecified atom stereocenters. The predicted molar refractivity (Wildman–Crippen MR) is 85.2 cm³/mol. The molecule has 112 valence electrons. The number of nitrogens with one attached hydrogen (secondary N) is 1. The third kappa shape index (κ3) is 4.35. The molecule has 0 saturated heterocycles. The van der Waals surface area contributed by atoms with E-state index in [4.69, 9.17) is 0 Å². The van der Waals surface area contributed by atoms with Crippen LogP contribution in [-0.2, 0) is 12.8 Å². The minimum atomic E-state index is -0.0933. The molecule has 1 aliphatic carbocycles. The highest BCUT2D eigenvalue weighted by Gasteiger charge is 2.23. The van der Waals surface area contributed by atoms with Gasteiger partial charge < -0.3 is 5.32 Å². The third-order valence-corrected chi connectivity index (χ3v) is 4.86. The van der Waals surface area contributed by atoms with Crippen molar-refractivity contribution >= 4 is 11.3 Å². The van der Waals surface area contributed by atoms with Gasteiger partial charge in [-0.2, -0.15) is 0 Å². The first kappa shape index (κ1) is 14.7. The molecule has 4 heteroatoms. The maximum absolute atomic E-state index is 13.9. The zero-order valence-electron chi connectivity index (χ0n) is 12.3. The van der Waals surface area contributed by atoms with Crippen molar-refractivity contribution < 1.29 is 4.39 Å². The maximum atomic E-state index is 13.9. The van der Waals surface area contributed by atoms with Gasteiger partial charge in [0.05, 0.1) is 5.01 Å². The lowest BCUT2D eigenvalue weighted by Crippen LogP contribution is -2.27. The molecule has 1 atom stereocenters. The van der Waals surface area contributed by atoms with E-state index in [2.05, 4.69) is 15.7 Å². The molecule has 0 spiro atoms. The molecule has 1 saturated carbocycles. The average molecular weight is 304 g/mol. The van der Waals surface area contributed by atoms with Gasteiger partial charge in [0, 0.05) is 23.5 Å². The van der Waals surface area contributed by atoms with Crippen LogP contribution in [0.1, 0.15) is 29.1 Å². The Labute approximate surface area is 129 Å². The van der Waals surface area contributed by atoms with Crippen molar-refractivity contribution in [3.8, 4) is 0 Å². The molecule has 3 rings (SSSR count). The predicted octanol–water partition coefficient (Wildman–Crippen LogP) is 3.74. The van der Waals surface area contributed by atoms with Crippen LogP contribution in [0.3, 0.4) is 0 Å². The number of hydrogen-bond donors (Lipinski definition) is 1. The van der Waals surface area contributed by atoms with Crippen LogP contribution < -0.4 is 5.32 Å². The minimum absolute atomic E-state index is 0.0933. The average Bonchev–Trinajstić information content (AvgIpc) is 3.21. The van der Waals surface area contributed by atoms with Crippen LogP contribution in [0.15, 0.2) is 29.6 Å². The van der Waals surface area contributed by atoms with Crippen LogP contribution >= 0.6 is 11.3 Å². The van der Waals surface area contributed by atoms with Crippen LogP contribution in [0.2, 0.25) is 0 Å². The quantitative estimate of drug-likeness (QED) is 0.843. The molecule has 1 fully saturated rings. The van der Waals surface area contributed by atoms with E-state index in [-0.39, 0.29) is 5.82 Å². The molecule has 1 aromatic heterocycles. The molecule has 2 aromatic rings. The number of rotatable bonds is 7. The Balaban J connectivity index is 1.67. The first-order valence-corrected chi connectivity index (χ1v) is 8.46. The summed E-state index contributed by atoms with van der Waals surface area (Å²) in [5.74, 6) is 0.303. The van der Waals surface area contributed by atoms with E-state index < -0.39 is 0 Å². The Kier molecular flexibility index (Phi) is 4.66. The summed E-state index contributed by atoms with van der Waals surface area (Å²) in [6, 6.07) is 7.80. The SMILES string of the molecule is Cc1csc(CC(CNC2CC2)Cc2ccccc2F)n1. The minimum Gasteiger partial charge on any atom is -0.314 e. The van der Waals surface area contributed by atoms with Gasteiger partial charge in [-0.05, 0) is 50.3 Å². The number of thiazole rings is 1. The van der Waals surface area contributed by atoms with E-state index in [1.54, 1.807) is 23.5 Å². The highest BCUT2D eigenvalue weighted by atomic mass is 32.1. The van der Waals surface area contributed by atoms with E-state index in [1.165, 1.54) is 12.8 Å². The molecule has 1 aliphatic rings. The summed E-state index contributed by atoms with van der Waals surface area (Å²) >= 11 is 1.71. The molecule has 1 N–H and O–H groups in total. The number of halogens is 1. The zero-order valence-corrected chi connectivity index (χ0v) is 13.1. The second-order valence-electron chi connectivity index (χ2n) is 5.93. The van der Waals surface area contributed by atoms with Crippen molar-refractivity contribution in [2.24, 2.45) is 5.92 Å². The molecule has 1 heterocycles. The van der Waals surface area contributed by atoms with Gasteiger partial charge in [-0.3, -0.25) is 0 Å². The Morgan fingerprint density at radius 3 is 2.81 bits per heavy atom.